The number of benzene rings is 4. The Kier molecular flexibility index (Phi) is 12.6. The van der Waals surface area contributed by atoms with Gasteiger partial charge in [0.15, 0.2) is 17.8 Å². The zero-order valence-electron chi connectivity index (χ0n) is 29.9. The fourth-order valence-corrected chi connectivity index (χ4v) is 6.96. The van der Waals surface area contributed by atoms with Crippen LogP contribution in [-0.2, 0) is 45.2 Å². The van der Waals surface area contributed by atoms with Crippen LogP contribution in [0, 0.1) is 0 Å². The topological polar surface area (TPSA) is 127 Å². The first-order valence-corrected chi connectivity index (χ1v) is 18.0. The number of aliphatic carboxylic acids is 1. The predicted octanol–water partition coefficient (Wildman–Crippen LogP) is 6.73. The molecule has 4 aromatic carbocycles. The Morgan fingerprint density at radius 3 is 2.25 bits per heavy atom. The Hall–Kier alpha value is -4.74. The van der Waals surface area contributed by atoms with Crippen molar-refractivity contribution in [2.75, 3.05) is 27.3 Å². The molecule has 52 heavy (non-hydrogen) atoms. The highest BCUT2D eigenvalue weighted by atomic mass is 16.7. The minimum atomic E-state index is -0.841. The summed E-state index contributed by atoms with van der Waals surface area (Å²) in [5.41, 5.74) is 8.40. The van der Waals surface area contributed by atoms with Crippen molar-refractivity contribution in [1.29, 1.82) is 0 Å². The zero-order chi connectivity index (χ0) is 36.5. The molecule has 0 aromatic heterocycles. The molecule has 2 aliphatic heterocycles. The summed E-state index contributed by atoms with van der Waals surface area (Å²) >= 11 is 0. The minimum absolute atomic E-state index is 0.00661. The molecule has 274 valence electrons. The summed E-state index contributed by atoms with van der Waals surface area (Å²) < 4.78 is 24.4. The van der Waals surface area contributed by atoms with Crippen molar-refractivity contribution >= 4 is 11.9 Å². The molecule has 3 N–H and O–H groups in total. The van der Waals surface area contributed by atoms with Crippen LogP contribution >= 0.6 is 0 Å². The van der Waals surface area contributed by atoms with Crippen molar-refractivity contribution < 1.29 is 38.7 Å². The van der Waals surface area contributed by atoms with Crippen molar-refractivity contribution in [3.63, 3.8) is 0 Å². The smallest absolute Gasteiger partial charge is 0.303 e. The Balaban J connectivity index is 1.13. The molecule has 0 spiro atoms. The van der Waals surface area contributed by atoms with Gasteiger partial charge in [-0.05, 0) is 76.4 Å². The molecule has 0 aliphatic carbocycles. The normalized spacial score (nSPS) is 18.7. The molecule has 2 aliphatic rings. The number of carboxylic acids is 1. The highest BCUT2D eigenvalue weighted by Gasteiger charge is 2.34. The molecule has 4 aromatic rings. The fraction of sp³-hybridized carbons (Fsp3) is 0.381. The van der Waals surface area contributed by atoms with Crippen molar-refractivity contribution in [3.05, 3.63) is 118 Å². The molecule has 0 bridgehead atoms. The van der Waals surface area contributed by atoms with Gasteiger partial charge in [0.1, 0.15) is 0 Å². The Morgan fingerprint density at radius 2 is 1.54 bits per heavy atom. The van der Waals surface area contributed by atoms with Gasteiger partial charge in [0.25, 0.3) is 0 Å². The van der Waals surface area contributed by atoms with Crippen molar-refractivity contribution in [2.24, 2.45) is 0 Å². The van der Waals surface area contributed by atoms with E-state index in [9.17, 15) is 14.7 Å². The van der Waals surface area contributed by atoms with Gasteiger partial charge in [0.05, 0.1) is 33.0 Å². The average Bonchev–Trinajstić information content (AvgIpc) is 3.18. The third-order valence-corrected chi connectivity index (χ3v) is 9.85. The molecule has 0 unspecified atom stereocenters. The van der Waals surface area contributed by atoms with Gasteiger partial charge in [-0.15, -0.1) is 0 Å². The number of nitrogens with zero attached hydrogens (tertiary/aromatic N) is 1. The van der Waals surface area contributed by atoms with E-state index in [1.165, 1.54) is 11.1 Å². The summed E-state index contributed by atoms with van der Waals surface area (Å²) in [4.78, 5) is 25.4. The van der Waals surface area contributed by atoms with Gasteiger partial charge in [-0.1, -0.05) is 66.7 Å². The Labute approximate surface area is 305 Å². The monoisotopic (exact) mass is 708 g/mol. The number of aliphatic hydroxyl groups is 1. The fourth-order valence-electron chi connectivity index (χ4n) is 6.96. The minimum Gasteiger partial charge on any atom is -0.493 e. The molecule has 0 radical (unpaired) electrons. The first-order chi connectivity index (χ1) is 25.3. The van der Waals surface area contributed by atoms with E-state index in [1.54, 1.807) is 14.2 Å². The van der Waals surface area contributed by atoms with Gasteiger partial charge in [0, 0.05) is 51.0 Å². The van der Waals surface area contributed by atoms with Crippen molar-refractivity contribution in [1.82, 2.24) is 10.2 Å². The van der Waals surface area contributed by atoms with E-state index in [1.807, 2.05) is 42.5 Å². The molecule has 10 heteroatoms. The number of unbranched alkanes of at least 4 members (excludes halogenated alkanes) is 1. The number of fused-ring (bicyclic) bond motifs is 1. The lowest BCUT2D eigenvalue weighted by atomic mass is 9.96. The van der Waals surface area contributed by atoms with E-state index < -0.39 is 12.3 Å². The van der Waals surface area contributed by atoms with E-state index in [4.69, 9.17) is 24.1 Å². The van der Waals surface area contributed by atoms with E-state index in [0.29, 0.717) is 32.2 Å². The molecule has 0 saturated carbocycles. The highest BCUT2D eigenvalue weighted by Crippen LogP contribution is 2.40. The van der Waals surface area contributed by atoms with Gasteiger partial charge in [-0.25, -0.2) is 0 Å². The SMILES string of the molecule is COc1cc2c(cc1OC)CN(C[C@@H]1C[C@H](c3ccc(CO)cc3)O[C@H](c3ccc(-c4cccc(CNC(=O)CCCCC(=O)O)c4)cc3)O1)CC2. The second kappa shape index (κ2) is 17.7. The van der Waals surface area contributed by atoms with Crippen LogP contribution in [0.2, 0.25) is 0 Å². The molecular weight excluding hydrogens is 660 g/mol. The van der Waals surface area contributed by atoms with Gasteiger partial charge in [-0.2, -0.15) is 0 Å². The molecule has 6 rings (SSSR count). The standard InChI is InChI=1S/C42H48N2O8/c1-49-38-21-34-18-19-44(25-35(34)22-39(38)50-2)26-36-23-37(31-12-10-28(27-45)11-13-31)52-42(51-36)32-16-14-30(15-17-32)33-7-5-6-29(20-33)24-43-40(46)8-3-4-9-41(47)48/h5-7,10-17,20-22,36-37,42,45H,3-4,8-9,18-19,23-27H2,1-2H3,(H,43,46)(H,47,48)/t36-,37+,42+/m0/s1. The second-order valence-electron chi connectivity index (χ2n) is 13.5. The van der Waals surface area contributed by atoms with Gasteiger partial charge < -0.3 is 34.5 Å². The number of hydrogen-bond donors (Lipinski definition) is 3. The quantitative estimate of drug-likeness (QED) is 0.115. The average molecular weight is 709 g/mol. The van der Waals surface area contributed by atoms with Crippen LogP contribution in [0.15, 0.2) is 84.9 Å². The zero-order valence-corrected chi connectivity index (χ0v) is 29.9. The van der Waals surface area contributed by atoms with E-state index in [-0.39, 0.29) is 31.1 Å². The number of carbonyl (C=O) groups excluding carboxylic acids is 1. The highest BCUT2D eigenvalue weighted by molar-refractivity contribution is 5.76. The maximum absolute atomic E-state index is 12.3. The first-order valence-electron chi connectivity index (χ1n) is 18.0. The summed E-state index contributed by atoms with van der Waals surface area (Å²) in [7, 11) is 3.33. The number of amides is 1. The van der Waals surface area contributed by atoms with E-state index in [2.05, 4.69) is 52.7 Å². The number of methoxy groups -OCH3 is 2. The summed E-state index contributed by atoms with van der Waals surface area (Å²) in [6, 6.07) is 28.4. The van der Waals surface area contributed by atoms with Crippen LogP contribution in [0.25, 0.3) is 11.1 Å². The number of rotatable bonds is 15. The maximum Gasteiger partial charge on any atom is 0.303 e. The van der Waals surface area contributed by atoms with Gasteiger partial charge in [-0.3, -0.25) is 14.5 Å². The maximum atomic E-state index is 12.3. The Morgan fingerprint density at radius 1 is 0.827 bits per heavy atom. The van der Waals surface area contributed by atoms with Crippen molar-refractivity contribution in [2.45, 2.75) is 76.7 Å². The lowest BCUT2D eigenvalue weighted by Gasteiger charge is -2.39. The molecule has 3 atom stereocenters. The number of hydrogen-bond acceptors (Lipinski definition) is 8. The largest absolute Gasteiger partial charge is 0.493 e. The first kappa shape index (κ1) is 37.0. The van der Waals surface area contributed by atoms with Crippen LogP contribution in [0.4, 0.5) is 0 Å². The Bertz CT molecular complexity index is 1810. The summed E-state index contributed by atoms with van der Waals surface area (Å²) in [5.74, 6) is 0.567. The summed E-state index contributed by atoms with van der Waals surface area (Å²) in [5, 5.41) is 21.3. The van der Waals surface area contributed by atoms with Crippen LogP contribution in [0.5, 0.6) is 11.5 Å². The lowest BCUT2D eigenvalue weighted by molar-refractivity contribution is -0.253. The van der Waals surface area contributed by atoms with E-state index >= 15 is 0 Å². The van der Waals surface area contributed by atoms with Crippen LogP contribution in [-0.4, -0.2) is 60.4 Å². The van der Waals surface area contributed by atoms with Gasteiger partial charge in [0.2, 0.25) is 5.91 Å². The van der Waals surface area contributed by atoms with Crippen LogP contribution in [0.1, 0.15) is 77.9 Å². The molecule has 1 fully saturated rings. The van der Waals surface area contributed by atoms with Crippen molar-refractivity contribution in [3.8, 4) is 22.6 Å². The summed E-state index contributed by atoms with van der Waals surface area (Å²) in [6.07, 6.45) is 2.23. The third-order valence-electron chi connectivity index (χ3n) is 9.85. The number of carbonyl (C=O) groups is 2. The predicted molar refractivity (Wildman–Crippen MR) is 197 cm³/mol. The lowest BCUT2D eigenvalue weighted by Crippen LogP contribution is -2.41. The van der Waals surface area contributed by atoms with Crippen LogP contribution in [0.3, 0.4) is 0 Å². The second-order valence-corrected chi connectivity index (χ2v) is 13.5. The number of nitrogens with one attached hydrogen (secondary N) is 1. The van der Waals surface area contributed by atoms with E-state index in [0.717, 1.165) is 70.9 Å². The van der Waals surface area contributed by atoms with Crippen LogP contribution < -0.4 is 14.8 Å². The summed E-state index contributed by atoms with van der Waals surface area (Å²) in [6.45, 7) is 2.85. The molecule has 2 heterocycles. The number of carboxylic acid groups (broad SMARTS) is 1. The van der Waals surface area contributed by atoms with Gasteiger partial charge >= 0.3 is 5.97 Å². The number of aliphatic hydroxyl groups excluding tert-OH is 1. The third kappa shape index (κ3) is 9.57. The number of ether oxygens (including phenoxy) is 4. The molecular formula is C42H48N2O8. The molecule has 1 saturated heterocycles. The molecule has 1 amide bonds. The molecule has 10 nitrogen and oxygen atoms in total.